The summed E-state index contributed by atoms with van der Waals surface area (Å²) in [5, 5.41) is 20.1. The number of aromatic hydroxyl groups is 2. The zero-order valence-corrected chi connectivity index (χ0v) is 12.6. The summed E-state index contributed by atoms with van der Waals surface area (Å²) in [4.78, 5) is 0. The van der Waals surface area contributed by atoms with E-state index in [1.54, 1.807) is 12.1 Å². The van der Waals surface area contributed by atoms with Crippen molar-refractivity contribution in [1.29, 1.82) is 0 Å². The summed E-state index contributed by atoms with van der Waals surface area (Å²) in [5.41, 5.74) is 6.05. The maximum Gasteiger partial charge on any atom is 0.119 e. The van der Waals surface area contributed by atoms with Crippen molar-refractivity contribution in [3.8, 4) is 22.6 Å². The molecule has 0 unspecified atom stereocenters. The van der Waals surface area contributed by atoms with E-state index in [9.17, 15) is 10.2 Å². The van der Waals surface area contributed by atoms with Crippen LogP contribution < -0.4 is 0 Å². The molecule has 2 nitrogen and oxygen atoms in total. The van der Waals surface area contributed by atoms with Crippen molar-refractivity contribution >= 4 is 0 Å². The molecule has 0 saturated heterocycles. The van der Waals surface area contributed by atoms with Crippen LogP contribution in [0.3, 0.4) is 0 Å². The summed E-state index contributed by atoms with van der Waals surface area (Å²) in [6, 6.07) is 7.74. The Labute approximate surface area is 120 Å². The molecule has 0 aliphatic heterocycles. The quantitative estimate of drug-likeness (QED) is 0.861. The zero-order valence-electron chi connectivity index (χ0n) is 12.6. The highest BCUT2D eigenvalue weighted by Crippen LogP contribution is 2.33. The lowest BCUT2D eigenvalue weighted by atomic mass is 9.94. The fourth-order valence-electron chi connectivity index (χ4n) is 2.58. The van der Waals surface area contributed by atoms with E-state index in [0.717, 1.165) is 46.2 Å². The molecule has 20 heavy (non-hydrogen) atoms. The Hall–Kier alpha value is -1.96. The molecule has 0 aromatic heterocycles. The molecule has 0 amide bonds. The number of hydrogen-bond donors (Lipinski definition) is 2. The summed E-state index contributed by atoms with van der Waals surface area (Å²) in [7, 11) is 0. The van der Waals surface area contributed by atoms with Crippen LogP contribution in [0.4, 0.5) is 0 Å². The predicted molar refractivity (Wildman–Crippen MR) is 83.4 cm³/mol. The lowest BCUT2D eigenvalue weighted by Crippen LogP contribution is -1.92. The maximum atomic E-state index is 10.1. The van der Waals surface area contributed by atoms with E-state index in [4.69, 9.17) is 0 Å². The first-order valence-corrected chi connectivity index (χ1v) is 7.13. The summed E-state index contributed by atoms with van der Waals surface area (Å²) in [6.45, 7) is 8.02. The second-order valence-corrected chi connectivity index (χ2v) is 5.27. The van der Waals surface area contributed by atoms with Gasteiger partial charge in [0.25, 0.3) is 0 Å². The van der Waals surface area contributed by atoms with Gasteiger partial charge in [-0.1, -0.05) is 26.0 Å². The van der Waals surface area contributed by atoms with E-state index >= 15 is 0 Å². The van der Waals surface area contributed by atoms with Crippen LogP contribution in [0, 0.1) is 13.8 Å². The third kappa shape index (κ3) is 2.51. The Bertz CT molecular complexity index is 585. The van der Waals surface area contributed by atoms with Crippen LogP contribution in [0.25, 0.3) is 11.1 Å². The highest BCUT2D eigenvalue weighted by Gasteiger charge is 2.10. The number of benzene rings is 2. The molecule has 0 aliphatic carbocycles. The number of rotatable bonds is 3. The van der Waals surface area contributed by atoms with Gasteiger partial charge in [-0.25, -0.2) is 0 Å². The molecule has 0 aliphatic rings. The predicted octanol–water partition coefficient (Wildman–Crippen LogP) is 4.51. The van der Waals surface area contributed by atoms with Crippen molar-refractivity contribution in [2.24, 2.45) is 0 Å². The Morgan fingerprint density at radius 1 is 0.700 bits per heavy atom. The smallest absolute Gasteiger partial charge is 0.119 e. The molecular weight excluding hydrogens is 248 g/mol. The van der Waals surface area contributed by atoms with Gasteiger partial charge in [0.2, 0.25) is 0 Å². The fraction of sp³-hybridized carbons (Fsp3) is 0.333. The molecule has 0 spiro atoms. The van der Waals surface area contributed by atoms with Crippen LogP contribution in [0.5, 0.6) is 11.5 Å². The third-order valence-electron chi connectivity index (χ3n) is 4.07. The van der Waals surface area contributed by atoms with Crippen molar-refractivity contribution < 1.29 is 10.2 Å². The van der Waals surface area contributed by atoms with E-state index in [1.165, 1.54) is 0 Å². The van der Waals surface area contributed by atoms with Crippen LogP contribution in [-0.2, 0) is 12.8 Å². The fourth-order valence-corrected chi connectivity index (χ4v) is 2.58. The summed E-state index contributed by atoms with van der Waals surface area (Å²) < 4.78 is 0. The molecule has 2 rings (SSSR count). The van der Waals surface area contributed by atoms with Gasteiger partial charge in [0.15, 0.2) is 0 Å². The lowest BCUT2D eigenvalue weighted by molar-refractivity contribution is 0.469. The average Bonchev–Trinajstić information content (AvgIpc) is 2.44. The first-order chi connectivity index (χ1) is 9.47. The maximum absolute atomic E-state index is 10.1. The normalized spacial score (nSPS) is 10.8. The number of hydrogen-bond acceptors (Lipinski definition) is 2. The van der Waals surface area contributed by atoms with E-state index in [1.807, 2.05) is 13.8 Å². The molecule has 2 aromatic rings. The van der Waals surface area contributed by atoms with Crippen LogP contribution in [0.2, 0.25) is 0 Å². The van der Waals surface area contributed by atoms with E-state index in [-0.39, 0.29) is 0 Å². The van der Waals surface area contributed by atoms with Crippen molar-refractivity contribution in [1.82, 2.24) is 0 Å². The first-order valence-electron chi connectivity index (χ1n) is 7.13. The topological polar surface area (TPSA) is 40.5 Å². The third-order valence-corrected chi connectivity index (χ3v) is 4.07. The van der Waals surface area contributed by atoms with Gasteiger partial charge in [0.1, 0.15) is 11.5 Å². The van der Waals surface area contributed by atoms with Gasteiger partial charge in [-0.05, 0) is 72.2 Å². The Balaban J connectivity index is 2.62. The average molecular weight is 270 g/mol. The van der Waals surface area contributed by atoms with Gasteiger partial charge >= 0.3 is 0 Å². The first kappa shape index (κ1) is 14.4. The largest absolute Gasteiger partial charge is 0.508 e. The minimum Gasteiger partial charge on any atom is -0.508 e. The van der Waals surface area contributed by atoms with Crippen molar-refractivity contribution in [2.75, 3.05) is 0 Å². The highest BCUT2D eigenvalue weighted by molar-refractivity contribution is 5.70. The SMILES string of the molecule is CCc1cc(-c2cc(O)c(C)c(CC)c2)cc(O)c1C. The van der Waals surface area contributed by atoms with Gasteiger partial charge in [-0.2, -0.15) is 0 Å². The van der Waals surface area contributed by atoms with Gasteiger partial charge in [-0.15, -0.1) is 0 Å². The summed E-state index contributed by atoms with van der Waals surface area (Å²) >= 11 is 0. The minimum absolute atomic E-state index is 0.317. The molecule has 0 fully saturated rings. The van der Waals surface area contributed by atoms with Crippen molar-refractivity contribution in [2.45, 2.75) is 40.5 Å². The van der Waals surface area contributed by atoms with Gasteiger partial charge in [-0.3, -0.25) is 0 Å². The standard InChI is InChI=1S/C18H22O2/c1-5-13-7-15(9-17(19)11(13)3)16-8-14(6-2)12(4)18(20)10-16/h7-10,19-20H,5-6H2,1-4H3. The van der Waals surface area contributed by atoms with Gasteiger partial charge in [0, 0.05) is 0 Å². The molecule has 2 N–H and O–H groups in total. The molecule has 0 saturated carbocycles. The molecule has 2 aromatic carbocycles. The number of phenols is 2. The Morgan fingerprint density at radius 3 is 1.35 bits per heavy atom. The van der Waals surface area contributed by atoms with E-state index < -0.39 is 0 Å². The van der Waals surface area contributed by atoms with Gasteiger partial charge in [0.05, 0.1) is 0 Å². The van der Waals surface area contributed by atoms with Crippen LogP contribution in [-0.4, -0.2) is 10.2 Å². The van der Waals surface area contributed by atoms with E-state index in [0.29, 0.717) is 11.5 Å². The van der Waals surface area contributed by atoms with E-state index in [2.05, 4.69) is 26.0 Å². The number of aryl methyl sites for hydroxylation is 2. The monoisotopic (exact) mass is 270 g/mol. The minimum atomic E-state index is 0.317. The molecule has 0 bridgehead atoms. The van der Waals surface area contributed by atoms with Crippen LogP contribution in [0.1, 0.15) is 36.1 Å². The molecule has 0 heterocycles. The lowest BCUT2D eigenvalue weighted by Gasteiger charge is -2.13. The van der Waals surface area contributed by atoms with Crippen LogP contribution in [0.15, 0.2) is 24.3 Å². The molecule has 0 atom stereocenters. The van der Waals surface area contributed by atoms with Crippen LogP contribution >= 0.6 is 0 Å². The van der Waals surface area contributed by atoms with Gasteiger partial charge < -0.3 is 10.2 Å². The molecular formula is C18H22O2. The Kier molecular flexibility index (Phi) is 4.03. The molecule has 2 heteroatoms. The highest BCUT2D eigenvalue weighted by atomic mass is 16.3. The number of phenolic OH excluding ortho intramolecular Hbond substituents is 2. The second kappa shape index (κ2) is 5.58. The van der Waals surface area contributed by atoms with Crippen molar-refractivity contribution in [3.63, 3.8) is 0 Å². The molecule has 0 radical (unpaired) electrons. The molecule has 106 valence electrons. The zero-order chi connectivity index (χ0) is 14.9. The second-order valence-electron chi connectivity index (χ2n) is 5.27. The summed E-state index contributed by atoms with van der Waals surface area (Å²) in [6.07, 6.45) is 1.76. The summed E-state index contributed by atoms with van der Waals surface area (Å²) in [5.74, 6) is 0.634. The Morgan fingerprint density at radius 2 is 1.05 bits per heavy atom. The van der Waals surface area contributed by atoms with Crippen molar-refractivity contribution in [3.05, 3.63) is 46.5 Å².